The number of benzene rings is 3. The van der Waals surface area contributed by atoms with E-state index in [4.69, 9.17) is 5.14 Å². The Kier molecular flexibility index (Phi) is 6.04. The van der Waals surface area contributed by atoms with E-state index in [1.54, 1.807) is 6.07 Å². The van der Waals surface area contributed by atoms with Crippen LogP contribution in [0.2, 0.25) is 0 Å². The summed E-state index contributed by atoms with van der Waals surface area (Å²) in [7, 11) is -7.89. The van der Waals surface area contributed by atoms with Crippen molar-refractivity contribution in [2.24, 2.45) is 5.14 Å². The van der Waals surface area contributed by atoms with Gasteiger partial charge in [0.05, 0.1) is 10.9 Å². The molecule has 174 valence electrons. The minimum absolute atomic E-state index is 0.0316. The van der Waals surface area contributed by atoms with Crippen LogP contribution in [0.1, 0.15) is 17.5 Å². The lowest BCUT2D eigenvalue weighted by molar-refractivity contribution is -0.117. The summed E-state index contributed by atoms with van der Waals surface area (Å²) in [5.74, 6) is -1.02. The van der Waals surface area contributed by atoms with Crippen LogP contribution in [-0.4, -0.2) is 39.6 Å². The molecule has 0 aromatic heterocycles. The standard InChI is InChI=1S/C22H23N3O6S2/c23-32(28,29)18(13-17-6-3-5-16-4-1-2-7-19(16)17)10-8-15-9-11-20(21(26)12-15)25-14-22(27)24-33(25,30)31/h1-7,9,11-12,18,26H,8,10,13-14H2,(H,24,27)(H2,23,28,29). The Morgan fingerprint density at radius 1 is 1.09 bits per heavy atom. The summed E-state index contributed by atoms with van der Waals surface area (Å²) in [4.78, 5) is 11.4. The van der Waals surface area contributed by atoms with Gasteiger partial charge >= 0.3 is 10.2 Å². The predicted octanol–water partition coefficient (Wildman–Crippen LogP) is 1.56. The van der Waals surface area contributed by atoms with E-state index in [0.29, 0.717) is 12.0 Å². The number of carbonyl (C=O) groups excluding carboxylic acids is 1. The zero-order valence-electron chi connectivity index (χ0n) is 17.5. The van der Waals surface area contributed by atoms with E-state index in [1.807, 2.05) is 47.2 Å². The third kappa shape index (κ3) is 4.95. The molecule has 1 saturated heterocycles. The van der Waals surface area contributed by atoms with E-state index in [9.17, 15) is 26.7 Å². The smallest absolute Gasteiger partial charge is 0.326 e. The molecular formula is C22H23N3O6S2. The second kappa shape index (κ2) is 8.65. The minimum Gasteiger partial charge on any atom is -0.506 e. The SMILES string of the molecule is NS(=O)(=O)C(CCc1ccc(N2CC(=O)NS2(=O)=O)c(O)c1)Cc1cccc2ccccc12. The third-order valence-corrected chi connectivity index (χ3v) is 8.40. The van der Waals surface area contributed by atoms with E-state index in [-0.39, 0.29) is 24.3 Å². The highest BCUT2D eigenvalue weighted by molar-refractivity contribution is 7.92. The highest BCUT2D eigenvalue weighted by Gasteiger charge is 2.35. The molecule has 1 heterocycles. The van der Waals surface area contributed by atoms with E-state index in [2.05, 4.69) is 0 Å². The van der Waals surface area contributed by atoms with E-state index in [1.165, 1.54) is 12.1 Å². The molecule has 11 heteroatoms. The van der Waals surface area contributed by atoms with Gasteiger partial charge in [0.15, 0.2) is 0 Å². The first kappa shape index (κ1) is 23.0. The number of phenols is 1. The van der Waals surface area contributed by atoms with Crippen LogP contribution in [0, 0.1) is 0 Å². The lowest BCUT2D eigenvalue weighted by atomic mass is 9.98. The number of hydrogen-bond acceptors (Lipinski definition) is 6. The number of fused-ring (bicyclic) bond motifs is 1. The van der Waals surface area contributed by atoms with Crippen LogP contribution in [0.4, 0.5) is 5.69 Å². The summed E-state index contributed by atoms with van der Waals surface area (Å²) < 4.78 is 51.2. The molecule has 1 unspecified atom stereocenters. The maximum Gasteiger partial charge on any atom is 0.326 e. The summed E-state index contributed by atoms with van der Waals surface area (Å²) in [6.07, 6.45) is 0.747. The summed E-state index contributed by atoms with van der Waals surface area (Å²) in [5, 5.41) is 17.0. The van der Waals surface area contributed by atoms with Gasteiger partial charge in [0, 0.05) is 0 Å². The molecule has 0 saturated carbocycles. The molecule has 1 amide bonds. The van der Waals surface area contributed by atoms with Gasteiger partial charge in [-0.25, -0.2) is 22.6 Å². The molecular weight excluding hydrogens is 466 g/mol. The molecule has 3 aromatic carbocycles. The average Bonchev–Trinajstić information content (AvgIpc) is 3.02. The largest absolute Gasteiger partial charge is 0.506 e. The number of anilines is 1. The number of carbonyl (C=O) groups is 1. The molecule has 1 fully saturated rings. The van der Waals surface area contributed by atoms with Gasteiger partial charge in [-0.1, -0.05) is 48.5 Å². The fourth-order valence-corrected chi connectivity index (χ4v) is 6.04. The minimum atomic E-state index is -4.04. The van der Waals surface area contributed by atoms with Crippen molar-refractivity contribution in [3.63, 3.8) is 0 Å². The second-order valence-corrected chi connectivity index (χ2v) is 11.4. The van der Waals surface area contributed by atoms with Gasteiger partial charge in [-0.3, -0.25) is 4.79 Å². The first-order chi connectivity index (χ1) is 15.5. The highest BCUT2D eigenvalue weighted by Crippen LogP contribution is 2.32. The Labute approximate surface area is 192 Å². The quantitative estimate of drug-likeness (QED) is 0.459. The number of rotatable bonds is 7. The van der Waals surface area contributed by atoms with Crippen LogP contribution in [0.15, 0.2) is 60.7 Å². The predicted molar refractivity (Wildman–Crippen MR) is 125 cm³/mol. The van der Waals surface area contributed by atoms with Crippen LogP contribution in [0.5, 0.6) is 5.75 Å². The maximum absolute atomic E-state index is 12.3. The third-order valence-electron chi connectivity index (χ3n) is 5.68. The Balaban J connectivity index is 1.53. The Morgan fingerprint density at radius 2 is 1.82 bits per heavy atom. The topological polar surface area (TPSA) is 147 Å². The van der Waals surface area contributed by atoms with Crippen LogP contribution < -0.4 is 14.2 Å². The maximum atomic E-state index is 12.3. The van der Waals surface area contributed by atoms with Crippen LogP contribution in [0.25, 0.3) is 10.8 Å². The van der Waals surface area contributed by atoms with Gasteiger partial charge < -0.3 is 5.11 Å². The number of aromatic hydroxyl groups is 1. The highest BCUT2D eigenvalue weighted by atomic mass is 32.2. The van der Waals surface area contributed by atoms with Crippen molar-refractivity contribution in [1.29, 1.82) is 0 Å². The number of nitrogens with two attached hydrogens (primary N) is 1. The van der Waals surface area contributed by atoms with Crippen molar-refractivity contribution in [3.8, 4) is 5.75 Å². The molecule has 33 heavy (non-hydrogen) atoms. The summed E-state index contributed by atoms with van der Waals surface area (Å²) in [6, 6.07) is 17.8. The molecule has 0 aliphatic carbocycles. The van der Waals surface area contributed by atoms with E-state index in [0.717, 1.165) is 20.6 Å². The van der Waals surface area contributed by atoms with E-state index >= 15 is 0 Å². The van der Waals surface area contributed by atoms with Gasteiger partial charge in [-0.05, 0) is 53.3 Å². The van der Waals surface area contributed by atoms with Crippen molar-refractivity contribution in [3.05, 3.63) is 71.8 Å². The molecule has 1 aliphatic heterocycles. The lowest BCUT2D eigenvalue weighted by Crippen LogP contribution is -2.31. The van der Waals surface area contributed by atoms with Crippen LogP contribution in [0.3, 0.4) is 0 Å². The number of nitrogens with zero attached hydrogens (tertiary/aromatic N) is 1. The van der Waals surface area contributed by atoms with Crippen molar-refractivity contribution in [1.82, 2.24) is 4.72 Å². The Bertz CT molecular complexity index is 1430. The Hall–Kier alpha value is -3.15. The Morgan fingerprint density at radius 3 is 2.48 bits per heavy atom. The summed E-state index contributed by atoms with van der Waals surface area (Å²) in [5.41, 5.74) is 1.45. The van der Waals surface area contributed by atoms with Gasteiger partial charge in [0.25, 0.3) is 5.91 Å². The molecule has 1 aliphatic rings. The molecule has 3 aromatic rings. The number of aryl methyl sites for hydroxylation is 1. The number of amides is 1. The van der Waals surface area contributed by atoms with Gasteiger partial charge in [0.1, 0.15) is 12.3 Å². The number of primary sulfonamides is 1. The van der Waals surface area contributed by atoms with Gasteiger partial charge in [-0.15, -0.1) is 0 Å². The molecule has 9 nitrogen and oxygen atoms in total. The van der Waals surface area contributed by atoms with Crippen molar-refractivity contribution in [2.75, 3.05) is 10.8 Å². The fraction of sp³-hybridized carbons (Fsp3) is 0.227. The number of hydrogen-bond donors (Lipinski definition) is 3. The van der Waals surface area contributed by atoms with Crippen molar-refractivity contribution in [2.45, 2.75) is 24.5 Å². The first-order valence-electron chi connectivity index (χ1n) is 10.2. The second-order valence-electron chi connectivity index (χ2n) is 7.95. The molecule has 0 bridgehead atoms. The van der Waals surface area contributed by atoms with Crippen LogP contribution in [-0.2, 0) is 37.9 Å². The molecule has 4 rings (SSSR count). The zero-order chi connectivity index (χ0) is 23.8. The molecule has 1 atom stereocenters. The average molecular weight is 490 g/mol. The fourth-order valence-electron chi connectivity index (χ4n) is 4.02. The van der Waals surface area contributed by atoms with Crippen molar-refractivity contribution < 1.29 is 26.7 Å². The van der Waals surface area contributed by atoms with Crippen LogP contribution >= 0.6 is 0 Å². The van der Waals surface area contributed by atoms with Crippen molar-refractivity contribution >= 4 is 42.6 Å². The number of nitrogens with one attached hydrogen (secondary N) is 1. The monoisotopic (exact) mass is 489 g/mol. The number of sulfonamides is 1. The molecule has 4 N–H and O–H groups in total. The zero-order valence-corrected chi connectivity index (χ0v) is 19.1. The summed E-state index contributed by atoms with van der Waals surface area (Å²) >= 11 is 0. The molecule has 0 spiro atoms. The lowest BCUT2D eigenvalue weighted by Gasteiger charge is -2.18. The van der Waals surface area contributed by atoms with Gasteiger partial charge in [-0.2, -0.15) is 8.42 Å². The van der Waals surface area contributed by atoms with Gasteiger partial charge in [0.2, 0.25) is 10.0 Å². The summed E-state index contributed by atoms with van der Waals surface area (Å²) in [6.45, 7) is -0.423. The normalized spacial score (nSPS) is 16.6. The van der Waals surface area contributed by atoms with E-state index < -0.39 is 37.9 Å². The molecule has 0 radical (unpaired) electrons. The first-order valence-corrected chi connectivity index (χ1v) is 13.2. The number of phenolic OH excluding ortho intramolecular Hbond substituents is 1.